The predicted molar refractivity (Wildman–Crippen MR) is 305 cm³/mol. The van der Waals surface area contributed by atoms with Crippen molar-refractivity contribution in [2.24, 2.45) is 0 Å². The maximum absolute atomic E-state index is 9.20. The van der Waals surface area contributed by atoms with E-state index in [4.69, 9.17) is 0 Å². The molecule has 0 saturated carbocycles. The van der Waals surface area contributed by atoms with Gasteiger partial charge in [-0.3, -0.25) is 0 Å². The fourth-order valence-corrected chi connectivity index (χ4v) is 15.6. The van der Waals surface area contributed by atoms with Crippen molar-refractivity contribution in [1.82, 2.24) is 0 Å². The number of carbonyl (C=O) groups excluding carboxylic acids is 1. The Morgan fingerprint density at radius 2 is 0.329 bits per heavy atom. The molecule has 0 N–H and O–H groups in total. The van der Waals surface area contributed by atoms with Crippen LogP contribution in [0.3, 0.4) is 0 Å². The molecule has 9 aromatic rings. The van der Waals surface area contributed by atoms with Crippen molar-refractivity contribution in [3.8, 4) is 0 Å². The second kappa shape index (κ2) is 32.7. The molecule has 0 aliphatic rings. The van der Waals surface area contributed by atoms with E-state index >= 15 is 0 Å². The van der Waals surface area contributed by atoms with Gasteiger partial charge in [-0.2, -0.15) is 0 Å². The molecule has 0 amide bonds. The summed E-state index contributed by atoms with van der Waals surface area (Å²) in [6.07, 6.45) is 10.7. The molecule has 0 heterocycles. The van der Waals surface area contributed by atoms with E-state index in [0.29, 0.717) is 0 Å². The number of hydrogen-bond donors (Lipinski definition) is 0. The van der Waals surface area contributed by atoms with Crippen LogP contribution in [0.25, 0.3) is 0 Å². The third kappa shape index (κ3) is 22.7. The van der Waals surface area contributed by atoms with Crippen molar-refractivity contribution in [3.63, 3.8) is 0 Å². The predicted octanol–water partition coefficient (Wildman–Crippen LogP) is 18.8. The van der Waals surface area contributed by atoms with Crippen LogP contribution < -0.4 is 0 Å². The van der Waals surface area contributed by atoms with Gasteiger partial charge in [-0.25, -0.2) is 0 Å². The largest absolute Gasteiger partial charge is 0.0932 e. The fraction of sp³-hybridized carbons (Fsp3) is 0.141. The van der Waals surface area contributed by atoms with Gasteiger partial charge in [-0.15, -0.1) is 0 Å². The molecule has 0 atom stereocenters. The third-order valence-corrected chi connectivity index (χ3v) is 18.6. The first kappa shape index (κ1) is 54.2. The number of halogens is 1. The number of benzene rings is 9. The topological polar surface area (TPSA) is 17.1 Å². The molecule has 9 aromatic carbocycles. The molecular weight excluding hydrogens is 1010 g/mol. The van der Waals surface area contributed by atoms with Crippen LogP contribution in [0.2, 0.25) is 0 Å². The van der Waals surface area contributed by atoms with Gasteiger partial charge in [0.05, 0.1) is 0 Å². The summed E-state index contributed by atoms with van der Waals surface area (Å²) in [7, 11) is -0.269. The molecule has 0 aliphatic carbocycles. The Labute approximate surface area is 437 Å². The average Bonchev–Trinajstić information content (AvgIpc) is 3.39. The molecule has 0 fully saturated rings. The van der Waals surface area contributed by atoms with Crippen LogP contribution >= 0.6 is 35.4 Å². The van der Waals surface area contributed by atoms with Crippen LogP contribution in [0.5, 0.6) is 0 Å². The van der Waals surface area contributed by atoms with Crippen molar-refractivity contribution in [2.45, 2.75) is 55.5 Å². The first-order valence-electron chi connectivity index (χ1n) is 23.8. The van der Waals surface area contributed by atoms with E-state index in [2.05, 4.69) is 285 Å². The molecule has 1 nitrogen and oxygen atoms in total. The molecule has 0 spiro atoms. The third-order valence-electron chi connectivity index (χ3n) is 11.2. The summed E-state index contributed by atoms with van der Waals surface area (Å²) in [5, 5.41) is 0. The molecule has 0 aliphatic heterocycles. The number of rotatable bonds is 18. The Hall–Kier alpha value is -5.15. The first-order chi connectivity index (χ1) is 34.4. The van der Waals surface area contributed by atoms with E-state index in [-0.39, 0.29) is 23.8 Å². The summed E-state index contributed by atoms with van der Waals surface area (Å²) in [5.41, 5.74) is 13.1. The van der Waals surface area contributed by atoms with E-state index in [1.54, 1.807) is 0 Å². The van der Waals surface area contributed by atoms with Gasteiger partial charge in [0.2, 0.25) is 0 Å². The van der Waals surface area contributed by atoms with Gasteiger partial charge in [0.1, 0.15) is 0 Å². The quantitative estimate of drug-likeness (QED) is 0.0475. The Balaban J connectivity index is 0.000000166. The summed E-state index contributed by atoms with van der Waals surface area (Å²) in [5.74, 6) is 0. The van der Waals surface area contributed by atoms with Crippen molar-refractivity contribution >= 4 is 39.2 Å². The van der Waals surface area contributed by atoms with E-state index < -0.39 is 3.84 Å². The number of carbonyl (C=O) groups is 1. The Morgan fingerprint density at radius 1 is 0.243 bits per heavy atom. The molecule has 0 aromatic heterocycles. The van der Waals surface area contributed by atoms with Crippen LogP contribution in [0.4, 0.5) is 4.79 Å². The molecular formula is C64H64ClOP3Ru. The SMILES string of the molecule is O=[C](Cl)[RuH].c1ccc(CP(Cc2ccccc2)Cc2ccccc2)cc1.c1ccc(CP(Cc2ccccc2)Cc2ccccc2)cc1.c1ccc(CP(Cc2ccccc2)Cc2ccccc2)cc1. The van der Waals surface area contributed by atoms with Crippen LogP contribution in [0.1, 0.15) is 50.1 Å². The maximum Gasteiger partial charge on any atom is -0.00671 e. The average molecular weight is 1080 g/mol. The van der Waals surface area contributed by atoms with Crippen LogP contribution in [0.15, 0.2) is 273 Å². The summed E-state index contributed by atoms with van der Waals surface area (Å²) in [4.78, 5) is 9.20. The maximum atomic E-state index is 9.20. The minimum atomic E-state index is -0.391. The molecule has 6 heteroatoms. The molecule has 70 heavy (non-hydrogen) atoms. The minimum absolute atomic E-state index is 0.0895. The van der Waals surface area contributed by atoms with Crippen molar-refractivity contribution in [2.75, 3.05) is 0 Å². The summed E-state index contributed by atoms with van der Waals surface area (Å²) >= 11 is 6.09. The van der Waals surface area contributed by atoms with E-state index in [1.165, 1.54) is 124 Å². The Kier molecular flexibility index (Phi) is 25.3. The zero-order valence-corrected chi connectivity index (χ0v) is 45.1. The van der Waals surface area contributed by atoms with Gasteiger partial charge < -0.3 is 0 Å². The van der Waals surface area contributed by atoms with Gasteiger partial charge in [0.15, 0.2) is 0 Å². The van der Waals surface area contributed by atoms with Crippen molar-refractivity contribution in [3.05, 3.63) is 323 Å². The molecule has 9 rings (SSSR count). The van der Waals surface area contributed by atoms with Crippen LogP contribution in [0, 0.1) is 0 Å². The van der Waals surface area contributed by atoms with Gasteiger partial charge in [-0.05, 0) is 106 Å². The van der Waals surface area contributed by atoms with E-state index in [0.717, 1.165) is 0 Å². The van der Waals surface area contributed by atoms with Gasteiger partial charge >= 0.3 is 38.5 Å². The van der Waals surface area contributed by atoms with Crippen LogP contribution in [-0.4, -0.2) is 3.84 Å². The minimum Gasteiger partial charge on any atom is -0.0932 e. The molecule has 0 bridgehead atoms. The monoisotopic (exact) mass is 1080 g/mol. The Morgan fingerprint density at radius 3 is 0.414 bits per heavy atom. The summed E-state index contributed by atoms with van der Waals surface area (Å²) < 4.78 is -0.391. The smallest absolute Gasteiger partial charge is 0.00671 e. The molecule has 0 radical (unpaired) electrons. The van der Waals surface area contributed by atoms with Crippen LogP contribution in [-0.2, 0) is 73.8 Å². The standard InChI is InChI=1S/3C21H21P.CClO.Ru.H/c3*1-4-10-19(11-5-1)16-22(17-20-12-6-2-7-13-20)18-21-14-8-3-9-15-21;2-1-3;;/h3*1-15H,16-18H2;;;. The van der Waals surface area contributed by atoms with Gasteiger partial charge in [-0.1, -0.05) is 297 Å². The number of hydrogen-bond acceptors (Lipinski definition) is 1. The second-order valence-electron chi connectivity index (χ2n) is 17.0. The van der Waals surface area contributed by atoms with Gasteiger partial charge in [0, 0.05) is 0 Å². The van der Waals surface area contributed by atoms with E-state index in [1.807, 2.05) is 0 Å². The molecule has 356 valence electrons. The first-order valence-corrected chi connectivity index (χ1v) is 30.8. The summed E-state index contributed by atoms with van der Waals surface area (Å²) in [6.45, 7) is 0. The molecule has 0 unspecified atom stereocenters. The fourth-order valence-electron chi connectivity index (χ4n) is 8.08. The van der Waals surface area contributed by atoms with Crippen molar-refractivity contribution in [1.29, 1.82) is 0 Å². The second-order valence-corrected chi connectivity index (χ2v) is 25.6. The normalized spacial score (nSPS) is 10.5. The zero-order chi connectivity index (χ0) is 48.7. The molecule has 0 saturated heterocycles. The van der Waals surface area contributed by atoms with E-state index in [9.17, 15) is 4.79 Å². The summed E-state index contributed by atoms with van der Waals surface area (Å²) in [6, 6.07) is 98.1. The zero-order valence-electron chi connectivity index (χ0n) is 39.9. The Bertz CT molecular complexity index is 2110. The van der Waals surface area contributed by atoms with Crippen molar-refractivity contribution < 1.29 is 23.1 Å². The van der Waals surface area contributed by atoms with Gasteiger partial charge in [0.25, 0.3) is 0 Å².